The number of fused-ring (bicyclic) bond motifs is 1. The molecule has 6 nitrogen and oxygen atoms in total. The predicted octanol–water partition coefficient (Wildman–Crippen LogP) is 1.91. The van der Waals surface area contributed by atoms with Crippen LogP contribution in [0.5, 0.6) is 0 Å². The van der Waals surface area contributed by atoms with E-state index in [0.29, 0.717) is 30.0 Å². The third-order valence-electron chi connectivity index (χ3n) is 3.34. The van der Waals surface area contributed by atoms with E-state index >= 15 is 0 Å². The highest BCUT2D eigenvalue weighted by atomic mass is 16.5. The molecule has 0 saturated heterocycles. The van der Waals surface area contributed by atoms with Gasteiger partial charge in [0.2, 0.25) is 0 Å². The number of nitrogens with zero attached hydrogens (tertiary/aromatic N) is 3. The topological polar surface area (TPSA) is 72.4 Å². The van der Waals surface area contributed by atoms with Gasteiger partial charge in [-0.2, -0.15) is 0 Å². The summed E-state index contributed by atoms with van der Waals surface area (Å²) in [4.78, 5) is 16.6. The number of hydrogen-bond donors (Lipinski definition) is 1. The molecule has 6 heteroatoms. The lowest BCUT2D eigenvalue weighted by Gasteiger charge is -2.02. The van der Waals surface area contributed by atoms with Crippen LogP contribution in [0, 0.1) is 13.8 Å². The number of rotatable bonds is 4. The van der Waals surface area contributed by atoms with Gasteiger partial charge < -0.3 is 14.2 Å². The second kappa shape index (κ2) is 5.40. The first-order valence-corrected chi connectivity index (χ1v) is 6.79. The number of carbonyl (C=O) groups excluding carboxylic acids is 1. The van der Waals surface area contributed by atoms with E-state index in [2.05, 4.69) is 15.5 Å². The van der Waals surface area contributed by atoms with Gasteiger partial charge in [-0.3, -0.25) is 4.79 Å². The van der Waals surface area contributed by atoms with Gasteiger partial charge in [0, 0.05) is 25.4 Å². The van der Waals surface area contributed by atoms with Crippen LogP contribution in [0.15, 0.2) is 35.1 Å². The second-order valence-corrected chi connectivity index (χ2v) is 4.90. The second-order valence-electron chi connectivity index (χ2n) is 4.90. The third kappa shape index (κ3) is 2.65. The molecule has 0 aromatic carbocycles. The first-order valence-electron chi connectivity index (χ1n) is 6.79. The maximum atomic E-state index is 12.1. The molecule has 108 valence electrons. The van der Waals surface area contributed by atoms with Crippen LogP contribution in [0.3, 0.4) is 0 Å². The van der Waals surface area contributed by atoms with Crippen LogP contribution in [0.4, 0.5) is 0 Å². The highest BCUT2D eigenvalue weighted by molar-refractivity contribution is 5.96. The average molecular weight is 284 g/mol. The van der Waals surface area contributed by atoms with Gasteiger partial charge in [0.05, 0.1) is 11.4 Å². The zero-order valence-electron chi connectivity index (χ0n) is 12.0. The summed E-state index contributed by atoms with van der Waals surface area (Å²) in [5.41, 5.74) is 2.98. The van der Waals surface area contributed by atoms with Crippen LogP contribution in [-0.4, -0.2) is 27.0 Å². The fourth-order valence-electron chi connectivity index (χ4n) is 2.31. The molecule has 0 bridgehead atoms. The van der Waals surface area contributed by atoms with E-state index < -0.39 is 0 Å². The van der Waals surface area contributed by atoms with Gasteiger partial charge in [0.1, 0.15) is 17.0 Å². The predicted molar refractivity (Wildman–Crippen MR) is 77.2 cm³/mol. The molecule has 1 N–H and O–H groups in total. The third-order valence-corrected chi connectivity index (χ3v) is 3.34. The summed E-state index contributed by atoms with van der Waals surface area (Å²) in [6.07, 6.45) is 4.60. The summed E-state index contributed by atoms with van der Waals surface area (Å²) in [5, 5.41) is 6.65. The lowest BCUT2D eigenvalue weighted by molar-refractivity contribution is 0.0952. The highest BCUT2D eigenvalue weighted by Gasteiger charge is 2.16. The molecular weight excluding hydrogens is 268 g/mol. The number of aromatic nitrogens is 3. The Morgan fingerprint density at radius 2 is 2.24 bits per heavy atom. The molecular formula is C15H16N4O2. The molecule has 3 rings (SSSR count). The number of hydrogen-bond acceptors (Lipinski definition) is 4. The number of aryl methyl sites for hydroxylation is 2. The molecule has 0 atom stereocenters. The van der Waals surface area contributed by atoms with Gasteiger partial charge in [0.15, 0.2) is 0 Å². The first kappa shape index (κ1) is 13.4. The molecule has 3 aromatic rings. The summed E-state index contributed by atoms with van der Waals surface area (Å²) in [6.45, 7) is 4.01. The molecule has 0 aliphatic heterocycles. The Morgan fingerprint density at radius 1 is 1.38 bits per heavy atom. The SMILES string of the molecule is Cc1noc(C)c1C(=O)NCCc1cn2ccccc2n1. The smallest absolute Gasteiger partial charge is 0.256 e. The van der Waals surface area contributed by atoms with E-state index in [0.717, 1.165) is 11.3 Å². The summed E-state index contributed by atoms with van der Waals surface area (Å²) in [5.74, 6) is 0.382. The van der Waals surface area contributed by atoms with E-state index in [9.17, 15) is 4.79 Å². The number of nitrogens with one attached hydrogen (secondary N) is 1. The van der Waals surface area contributed by atoms with Gasteiger partial charge in [0.25, 0.3) is 5.91 Å². The molecule has 0 fully saturated rings. The van der Waals surface area contributed by atoms with Crippen molar-refractivity contribution in [1.29, 1.82) is 0 Å². The number of amides is 1. The van der Waals surface area contributed by atoms with E-state index in [1.807, 2.05) is 35.0 Å². The molecule has 0 spiro atoms. The van der Waals surface area contributed by atoms with Crippen LogP contribution in [0.1, 0.15) is 27.5 Å². The maximum Gasteiger partial charge on any atom is 0.256 e. The van der Waals surface area contributed by atoms with E-state index in [1.165, 1.54) is 0 Å². The van der Waals surface area contributed by atoms with Gasteiger partial charge in [-0.15, -0.1) is 0 Å². The van der Waals surface area contributed by atoms with Crippen molar-refractivity contribution in [2.45, 2.75) is 20.3 Å². The molecule has 0 aliphatic carbocycles. The number of imidazole rings is 1. The lowest BCUT2D eigenvalue weighted by atomic mass is 10.2. The zero-order valence-corrected chi connectivity index (χ0v) is 12.0. The van der Waals surface area contributed by atoms with Crippen LogP contribution in [0.25, 0.3) is 5.65 Å². The van der Waals surface area contributed by atoms with Crippen molar-refractivity contribution in [3.05, 3.63) is 53.3 Å². The van der Waals surface area contributed by atoms with Gasteiger partial charge in [-0.05, 0) is 26.0 Å². The molecule has 0 aliphatic rings. The van der Waals surface area contributed by atoms with Crippen molar-refractivity contribution in [2.24, 2.45) is 0 Å². The highest BCUT2D eigenvalue weighted by Crippen LogP contribution is 2.11. The quantitative estimate of drug-likeness (QED) is 0.794. The Balaban J connectivity index is 1.62. The minimum absolute atomic E-state index is 0.157. The Bertz CT molecular complexity index is 735. The summed E-state index contributed by atoms with van der Waals surface area (Å²) in [6, 6.07) is 5.86. The van der Waals surface area contributed by atoms with Gasteiger partial charge >= 0.3 is 0 Å². The summed E-state index contributed by atoms with van der Waals surface area (Å²) in [7, 11) is 0. The Hall–Kier alpha value is -2.63. The van der Waals surface area contributed by atoms with Crippen molar-refractivity contribution >= 4 is 11.6 Å². The normalized spacial score (nSPS) is 11.0. The Kier molecular flexibility index (Phi) is 3.43. The molecule has 0 unspecified atom stereocenters. The Morgan fingerprint density at radius 3 is 2.95 bits per heavy atom. The lowest BCUT2D eigenvalue weighted by Crippen LogP contribution is -2.26. The van der Waals surface area contributed by atoms with E-state index in [-0.39, 0.29) is 5.91 Å². The van der Waals surface area contributed by atoms with Crippen molar-refractivity contribution < 1.29 is 9.32 Å². The van der Waals surface area contributed by atoms with Crippen LogP contribution < -0.4 is 5.32 Å². The van der Waals surface area contributed by atoms with Gasteiger partial charge in [-0.25, -0.2) is 4.98 Å². The number of carbonyl (C=O) groups is 1. The molecule has 21 heavy (non-hydrogen) atoms. The van der Waals surface area contributed by atoms with Crippen molar-refractivity contribution in [3.63, 3.8) is 0 Å². The molecule has 0 radical (unpaired) electrons. The first-order chi connectivity index (χ1) is 10.1. The fourth-order valence-corrected chi connectivity index (χ4v) is 2.31. The minimum Gasteiger partial charge on any atom is -0.361 e. The van der Waals surface area contributed by atoms with Crippen molar-refractivity contribution in [3.8, 4) is 0 Å². The van der Waals surface area contributed by atoms with E-state index in [4.69, 9.17) is 4.52 Å². The van der Waals surface area contributed by atoms with Crippen LogP contribution in [-0.2, 0) is 6.42 Å². The summed E-state index contributed by atoms with van der Waals surface area (Å²) >= 11 is 0. The number of pyridine rings is 1. The fraction of sp³-hybridized carbons (Fsp3) is 0.267. The molecule has 1 amide bonds. The average Bonchev–Trinajstić information content (AvgIpc) is 3.01. The van der Waals surface area contributed by atoms with Crippen molar-refractivity contribution in [2.75, 3.05) is 6.54 Å². The van der Waals surface area contributed by atoms with Crippen LogP contribution in [0.2, 0.25) is 0 Å². The zero-order chi connectivity index (χ0) is 14.8. The van der Waals surface area contributed by atoms with Crippen LogP contribution >= 0.6 is 0 Å². The molecule has 0 saturated carbocycles. The van der Waals surface area contributed by atoms with Gasteiger partial charge in [-0.1, -0.05) is 11.2 Å². The van der Waals surface area contributed by atoms with E-state index in [1.54, 1.807) is 13.8 Å². The standard InChI is InChI=1S/C15H16N4O2/c1-10-14(11(2)21-18-10)15(20)16-7-6-12-9-19-8-4-3-5-13(19)17-12/h3-5,8-9H,6-7H2,1-2H3,(H,16,20). The Labute approximate surface area is 121 Å². The maximum absolute atomic E-state index is 12.1. The minimum atomic E-state index is -0.157. The molecule has 3 aromatic heterocycles. The summed E-state index contributed by atoms with van der Waals surface area (Å²) < 4.78 is 6.96. The molecule has 3 heterocycles. The monoisotopic (exact) mass is 284 g/mol. The largest absolute Gasteiger partial charge is 0.361 e. The van der Waals surface area contributed by atoms with Crippen molar-refractivity contribution in [1.82, 2.24) is 19.9 Å².